The quantitative estimate of drug-likeness (QED) is 0.166. The molecular weight excluding hydrogens is 596 g/mol. The molecule has 0 aliphatic carbocycles. The number of aromatic nitrogens is 9. The molecule has 0 radical (unpaired) electrons. The topological polar surface area (TPSA) is 118 Å². The summed E-state index contributed by atoms with van der Waals surface area (Å²) in [6, 6.07) is 40.5. The zero-order valence-electron chi connectivity index (χ0n) is 26.8. The van der Waals surface area contributed by atoms with Crippen molar-refractivity contribution < 1.29 is 0 Å². The Hall–Kier alpha value is -5.74. The molecule has 10 nitrogen and oxygen atoms in total. The van der Waals surface area contributed by atoms with Gasteiger partial charge in [0.25, 0.3) is 0 Å². The first-order valence-electron chi connectivity index (χ1n) is 16.3. The summed E-state index contributed by atoms with van der Waals surface area (Å²) in [5.41, 5.74) is 13.6. The average Bonchev–Trinajstić information content (AvgIpc) is 3.93. The van der Waals surface area contributed by atoms with Crippen molar-refractivity contribution in [3.8, 4) is 0 Å². The summed E-state index contributed by atoms with van der Waals surface area (Å²) < 4.78 is 5.68. The van der Waals surface area contributed by atoms with Crippen LogP contribution in [0.1, 0.15) is 70.4 Å². The van der Waals surface area contributed by atoms with Gasteiger partial charge in [0.1, 0.15) is 23.5 Å². The van der Waals surface area contributed by atoms with Gasteiger partial charge in [0.15, 0.2) is 0 Å². The first-order valence-corrected chi connectivity index (χ1v) is 16.3. The number of nitrogens with zero attached hydrogens (tertiary/aromatic N) is 9. The average molecular weight is 635 g/mol. The summed E-state index contributed by atoms with van der Waals surface area (Å²) in [6.45, 7) is 2.12. The number of benzene rings is 4. The summed E-state index contributed by atoms with van der Waals surface area (Å²) >= 11 is 0. The third kappa shape index (κ3) is 7.13. The highest BCUT2D eigenvalue weighted by Gasteiger charge is 2.26. The molecule has 3 aromatic heterocycles. The van der Waals surface area contributed by atoms with Crippen LogP contribution < -0.4 is 5.73 Å². The summed E-state index contributed by atoms with van der Waals surface area (Å²) in [7, 11) is 0. The highest BCUT2D eigenvalue weighted by atomic mass is 15.5. The summed E-state index contributed by atoms with van der Waals surface area (Å²) in [6.07, 6.45) is 7.97. The van der Waals surface area contributed by atoms with E-state index in [4.69, 9.17) is 16.0 Å². The number of hydrogen-bond acceptors (Lipinski definition) is 7. The molecule has 0 amide bonds. The Morgan fingerprint density at radius 2 is 0.854 bits per heavy atom. The smallest absolute Gasteiger partial charge is 0.108 e. The van der Waals surface area contributed by atoms with Gasteiger partial charge in [-0.1, -0.05) is 137 Å². The van der Waals surface area contributed by atoms with E-state index >= 15 is 0 Å². The van der Waals surface area contributed by atoms with Crippen molar-refractivity contribution in [2.75, 3.05) is 0 Å². The van der Waals surface area contributed by atoms with Gasteiger partial charge in [-0.3, -0.25) is 0 Å². The van der Waals surface area contributed by atoms with E-state index in [-0.39, 0.29) is 24.2 Å². The first-order chi connectivity index (χ1) is 23.6. The minimum absolute atomic E-state index is 0.0289. The third-order valence-corrected chi connectivity index (χ3v) is 8.81. The van der Waals surface area contributed by atoms with E-state index in [0.717, 1.165) is 33.8 Å². The molecule has 0 aliphatic heterocycles. The van der Waals surface area contributed by atoms with Crippen LogP contribution in [0.3, 0.4) is 0 Å². The van der Waals surface area contributed by atoms with Gasteiger partial charge in [-0.2, -0.15) is 0 Å². The van der Waals surface area contributed by atoms with Crippen LogP contribution in [0.25, 0.3) is 0 Å². The Bertz CT molecular complexity index is 2000. The van der Waals surface area contributed by atoms with Crippen molar-refractivity contribution in [2.24, 2.45) is 5.73 Å². The molecule has 240 valence electrons. The van der Waals surface area contributed by atoms with Crippen molar-refractivity contribution in [1.29, 1.82) is 0 Å². The van der Waals surface area contributed by atoms with Crippen LogP contribution in [0.2, 0.25) is 0 Å². The van der Waals surface area contributed by atoms with Crippen molar-refractivity contribution in [1.82, 2.24) is 45.0 Å². The van der Waals surface area contributed by atoms with Crippen LogP contribution in [-0.2, 0) is 19.3 Å². The lowest BCUT2D eigenvalue weighted by Crippen LogP contribution is -2.17. The highest BCUT2D eigenvalue weighted by molar-refractivity contribution is 5.24. The second kappa shape index (κ2) is 14.4. The first kappa shape index (κ1) is 30.9. The molecular formula is C38H38N10. The monoisotopic (exact) mass is 634 g/mol. The molecule has 2 N–H and O–H groups in total. The highest BCUT2D eigenvalue weighted by Crippen LogP contribution is 2.27. The van der Waals surface area contributed by atoms with Crippen LogP contribution in [0.15, 0.2) is 140 Å². The van der Waals surface area contributed by atoms with E-state index in [0.29, 0.717) is 19.3 Å². The molecule has 4 aromatic carbocycles. The number of hydrogen-bond donors (Lipinski definition) is 1. The van der Waals surface area contributed by atoms with Crippen molar-refractivity contribution in [3.63, 3.8) is 0 Å². The largest absolute Gasteiger partial charge is 0.322 e. The molecule has 4 atom stereocenters. The van der Waals surface area contributed by atoms with Gasteiger partial charge in [0.05, 0.1) is 36.4 Å². The van der Waals surface area contributed by atoms with Gasteiger partial charge in [-0.05, 0) is 35.6 Å². The molecule has 0 spiro atoms. The second-order valence-electron chi connectivity index (χ2n) is 12.2. The van der Waals surface area contributed by atoms with Crippen LogP contribution in [0, 0.1) is 0 Å². The minimum Gasteiger partial charge on any atom is -0.322 e. The fourth-order valence-electron chi connectivity index (χ4n) is 6.04. The molecule has 0 saturated heterocycles. The number of nitrogens with two attached hydrogens (primary N) is 1. The molecule has 0 fully saturated rings. The van der Waals surface area contributed by atoms with Gasteiger partial charge in [-0.15, -0.1) is 15.3 Å². The van der Waals surface area contributed by atoms with Crippen molar-refractivity contribution in [2.45, 2.75) is 50.4 Å². The lowest BCUT2D eigenvalue weighted by molar-refractivity contribution is 0.491. The summed E-state index contributed by atoms with van der Waals surface area (Å²) in [4.78, 5) is 0. The fourth-order valence-corrected chi connectivity index (χ4v) is 6.04. The Labute approximate surface area is 279 Å². The lowest BCUT2D eigenvalue weighted by Gasteiger charge is -2.16. The molecule has 0 bridgehead atoms. The van der Waals surface area contributed by atoms with Gasteiger partial charge in [0.2, 0.25) is 0 Å². The lowest BCUT2D eigenvalue weighted by atomic mass is 10.0. The summed E-state index contributed by atoms with van der Waals surface area (Å²) in [5.74, 6) is 0. The molecule has 7 aromatic rings. The van der Waals surface area contributed by atoms with E-state index in [9.17, 15) is 0 Å². The van der Waals surface area contributed by atoms with Gasteiger partial charge in [-0.25, -0.2) is 14.0 Å². The Morgan fingerprint density at radius 1 is 0.479 bits per heavy atom. The van der Waals surface area contributed by atoms with Gasteiger partial charge >= 0.3 is 0 Å². The van der Waals surface area contributed by atoms with Crippen LogP contribution >= 0.6 is 0 Å². The van der Waals surface area contributed by atoms with Crippen LogP contribution in [0.5, 0.6) is 0 Å². The van der Waals surface area contributed by atoms with E-state index < -0.39 is 0 Å². The maximum atomic E-state index is 6.61. The summed E-state index contributed by atoms with van der Waals surface area (Å²) in [5, 5.41) is 27.7. The Kier molecular flexibility index (Phi) is 9.24. The molecule has 0 saturated carbocycles. The van der Waals surface area contributed by atoms with Gasteiger partial charge < -0.3 is 5.73 Å². The Morgan fingerprint density at radius 3 is 1.35 bits per heavy atom. The molecule has 3 heterocycles. The van der Waals surface area contributed by atoms with E-state index in [2.05, 4.69) is 76.1 Å². The molecule has 7 rings (SSSR count). The molecule has 0 unspecified atom stereocenters. The third-order valence-electron chi connectivity index (χ3n) is 8.81. The molecule has 48 heavy (non-hydrogen) atoms. The Balaban J connectivity index is 1.21. The zero-order valence-corrected chi connectivity index (χ0v) is 26.8. The number of rotatable bonds is 13. The van der Waals surface area contributed by atoms with Crippen LogP contribution in [0.4, 0.5) is 0 Å². The van der Waals surface area contributed by atoms with E-state index in [1.165, 1.54) is 5.56 Å². The maximum absolute atomic E-state index is 6.61. The standard InChI is InChI=1S/C38H38N10/c1-28(32-20-12-5-13-21-32)46-26-35(41-43-46)37(23-30-16-8-3-9-17-30)48-27-36(42-45-48)38(24-31-18-10-4-11-19-31)47-25-34(40-44-47)33(39)22-29-14-6-2-7-15-29/h2-21,25-28,33,37-38H,22-24,39H2,1H3/t28-,33+,37+,38+/m1/s1. The zero-order chi connectivity index (χ0) is 32.7. The normalized spacial score (nSPS) is 14.0. The maximum Gasteiger partial charge on any atom is 0.108 e. The van der Waals surface area contributed by atoms with E-state index in [1.54, 1.807) is 0 Å². The van der Waals surface area contributed by atoms with Gasteiger partial charge in [0, 0.05) is 12.8 Å². The predicted octanol–water partition coefficient (Wildman–Crippen LogP) is 5.98. The SMILES string of the molecule is C[C@H](c1ccccc1)n1cc([C@H](Cc2ccccc2)n2cc([C@H](Cc3ccccc3)n3cc([C@@H](N)Cc4ccccc4)nn3)nn2)nn1. The van der Waals surface area contributed by atoms with Crippen molar-refractivity contribution >= 4 is 0 Å². The van der Waals surface area contributed by atoms with Crippen LogP contribution in [-0.4, -0.2) is 45.0 Å². The molecule has 0 aliphatic rings. The second-order valence-corrected chi connectivity index (χ2v) is 12.2. The minimum atomic E-state index is -0.287. The molecule has 10 heteroatoms. The van der Waals surface area contributed by atoms with Crippen molar-refractivity contribution in [3.05, 3.63) is 179 Å². The fraction of sp³-hybridized carbons (Fsp3) is 0.211. The van der Waals surface area contributed by atoms with E-state index in [1.807, 2.05) is 105 Å². The predicted molar refractivity (Wildman–Crippen MR) is 184 cm³/mol.